The first-order valence-electron chi connectivity index (χ1n) is 24.0. The van der Waals surface area contributed by atoms with Gasteiger partial charge >= 0.3 is 0 Å². The molecule has 0 aliphatic carbocycles. The van der Waals surface area contributed by atoms with Crippen molar-refractivity contribution in [3.05, 3.63) is 255 Å². The van der Waals surface area contributed by atoms with Crippen molar-refractivity contribution < 1.29 is 8.83 Å². The van der Waals surface area contributed by atoms with E-state index in [1.165, 1.54) is 31.3 Å². The van der Waals surface area contributed by atoms with Crippen molar-refractivity contribution in [3.63, 3.8) is 0 Å². The van der Waals surface area contributed by atoms with Crippen LogP contribution in [-0.2, 0) is 0 Å². The Balaban J connectivity index is 0.966. The molecule has 0 unspecified atom stereocenters. The Kier molecular flexibility index (Phi) is 9.68. The number of nitrogens with zero attached hydrogens (tertiary/aromatic N) is 2. The Hall–Kier alpha value is -9.16. The monoisotopic (exact) mass is 926 g/mol. The molecule has 14 aromatic rings. The van der Waals surface area contributed by atoms with Crippen molar-refractivity contribution in [2.75, 3.05) is 9.80 Å². The molecule has 0 saturated carbocycles. The average Bonchev–Trinajstić information content (AvgIpc) is 4.15. The first-order valence-corrected chi connectivity index (χ1v) is 24.8. The molecule has 3 heterocycles. The maximum atomic E-state index is 6.83. The van der Waals surface area contributed by atoms with Crippen molar-refractivity contribution in [3.8, 4) is 33.4 Å². The molecule has 0 aliphatic heterocycles. The van der Waals surface area contributed by atoms with Gasteiger partial charge in [-0.3, -0.25) is 0 Å². The smallest absolute Gasteiger partial charge is 0.159 e. The topological polar surface area (TPSA) is 32.8 Å². The average molecular weight is 927 g/mol. The van der Waals surface area contributed by atoms with Gasteiger partial charge in [-0.15, -0.1) is 11.3 Å². The number of rotatable bonds is 9. The van der Waals surface area contributed by atoms with Crippen LogP contribution in [0.4, 0.5) is 34.1 Å². The molecule has 0 aliphatic rings. The van der Waals surface area contributed by atoms with Crippen molar-refractivity contribution in [2.24, 2.45) is 0 Å². The van der Waals surface area contributed by atoms with Gasteiger partial charge in [0, 0.05) is 54.0 Å². The van der Waals surface area contributed by atoms with Crippen LogP contribution in [0.1, 0.15) is 0 Å². The van der Waals surface area contributed by atoms with E-state index in [1.54, 1.807) is 0 Å². The zero-order valence-corrected chi connectivity index (χ0v) is 39.2. The second kappa shape index (κ2) is 16.8. The third-order valence-corrected chi connectivity index (χ3v) is 15.1. The van der Waals surface area contributed by atoms with Crippen LogP contribution in [0.15, 0.2) is 264 Å². The molecule has 71 heavy (non-hydrogen) atoms. The van der Waals surface area contributed by atoms with Crippen LogP contribution in [0.2, 0.25) is 0 Å². The number of hydrogen-bond acceptors (Lipinski definition) is 5. The summed E-state index contributed by atoms with van der Waals surface area (Å²) in [5.41, 5.74) is 16.3. The first kappa shape index (κ1) is 40.9. The van der Waals surface area contributed by atoms with Gasteiger partial charge in [-0.05, 0) is 94.5 Å². The molecule has 0 amide bonds. The maximum Gasteiger partial charge on any atom is 0.159 e. The summed E-state index contributed by atoms with van der Waals surface area (Å²) in [6, 6.07) is 91.0. The summed E-state index contributed by atoms with van der Waals surface area (Å²) in [5.74, 6) is 0. The van der Waals surface area contributed by atoms with Crippen LogP contribution in [0.5, 0.6) is 0 Å². The van der Waals surface area contributed by atoms with E-state index in [9.17, 15) is 0 Å². The molecule has 3 aromatic heterocycles. The van der Waals surface area contributed by atoms with Gasteiger partial charge in [0.25, 0.3) is 0 Å². The van der Waals surface area contributed by atoms with Crippen molar-refractivity contribution >= 4 is 110 Å². The maximum absolute atomic E-state index is 6.83. The largest absolute Gasteiger partial charge is 0.454 e. The lowest BCUT2D eigenvalue weighted by molar-refractivity contribution is 0.669. The van der Waals surface area contributed by atoms with E-state index in [1.807, 2.05) is 23.5 Å². The normalized spacial score (nSPS) is 11.7. The Morgan fingerprint density at radius 1 is 0.282 bits per heavy atom. The summed E-state index contributed by atoms with van der Waals surface area (Å²) in [5, 5.41) is 6.83. The van der Waals surface area contributed by atoms with Gasteiger partial charge in [-0.2, -0.15) is 0 Å². The van der Waals surface area contributed by atoms with E-state index in [-0.39, 0.29) is 0 Å². The number of furan rings is 2. The minimum Gasteiger partial charge on any atom is -0.454 e. The second-order valence-corrected chi connectivity index (χ2v) is 19.0. The summed E-state index contributed by atoms with van der Waals surface area (Å²) in [6.07, 6.45) is 0. The minimum atomic E-state index is 0.830. The number of anilines is 6. The number of fused-ring (bicyclic) bond motifs is 9. The molecule has 5 heteroatoms. The summed E-state index contributed by atoms with van der Waals surface area (Å²) < 4.78 is 16.1. The SMILES string of the molecule is c1ccc(-c2ccc(-c3cccc(N(c4ccccc4-c4cccc(N(c5cccc6c5oc5ccccc56)c5cccc6c5sc5ccccc56)c4)c4cccc5c4oc4ccccc45)c3)cc2)cc1. The summed E-state index contributed by atoms with van der Waals surface area (Å²) >= 11 is 1.83. The number of benzene rings is 11. The van der Waals surface area contributed by atoms with Gasteiger partial charge in [-0.1, -0.05) is 188 Å². The molecule has 0 fully saturated rings. The van der Waals surface area contributed by atoms with Gasteiger partial charge in [0.05, 0.1) is 27.4 Å². The number of thiophene rings is 1. The van der Waals surface area contributed by atoms with Crippen LogP contribution < -0.4 is 9.80 Å². The molecule has 0 atom stereocenters. The highest BCUT2D eigenvalue weighted by Crippen LogP contribution is 2.50. The van der Waals surface area contributed by atoms with Crippen LogP contribution in [-0.4, -0.2) is 0 Å². The lowest BCUT2D eigenvalue weighted by atomic mass is 9.98. The highest BCUT2D eigenvalue weighted by Gasteiger charge is 2.25. The molecule has 334 valence electrons. The van der Waals surface area contributed by atoms with Crippen LogP contribution in [0.25, 0.3) is 97.4 Å². The lowest BCUT2D eigenvalue weighted by Crippen LogP contribution is -2.12. The quantitative estimate of drug-likeness (QED) is 0.144. The highest BCUT2D eigenvalue weighted by atomic mass is 32.1. The molecule has 14 rings (SSSR count). The van der Waals surface area contributed by atoms with Crippen molar-refractivity contribution in [2.45, 2.75) is 0 Å². The van der Waals surface area contributed by atoms with Crippen LogP contribution >= 0.6 is 11.3 Å². The molecular weight excluding hydrogens is 885 g/mol. The summed E-state index contributed by atoms with van der Waals surface area (Å²) in [4.78, 5) is 4.77. The zero-order chi connectivity index (χ0) is 46.8. The summed E-state index contributed by atoms with van der Waals surface area (Å²) in [6.45, 7) is 0. The van der Waals surface area contributed by atoms with Gasteiger partial charge < -0.3 is 18.6 Å². The van der Waals surface area contributed by atoms with E-state index < -0.39 is 0 Å². The molecule has 0 saturated heterocycles. The van der Waals surface area contributed by atoms with Crippen molar-refractivity contribution in [1.29, 1.82) is 0 Å². The van der Waals surface area contributed by atoms with Gasteiger partial charge in [0.15, 0.2) is 11.2 Å². The van der Waals surface area contributed by atoms with E-state index >= 15 is 0 Å². The summed E-state index contributed by atoms with van der Waals surface area (Å²) in [7, 11) is 0. The lowest BCUT2D eigenvalue weighted by Gasteiger charge is -2.29. The number of hydrogen-bond donors (Lipinski definition) is 0. The molecule has 11 aromatic carbocycles. The Labute approximate surface area is 414 Å². The van der Waals surface area contributed by atoms with E-state index in [0.717, 1.165) is 100 Å². The van der Waals surface area contributed by atoms with Gasteiger partial charge in [-0.25, -0.2) is 0 Å². The molecule has 0 spiro atoms. The molecule has 4 nitrogen and oxygen atoms in total. The highest BCUT2D eigenvalue weighted by molar-refractivity contribution is 7.26. The standard InChI is InChI=1S/C66H42N2O2S/c1-2-17-43(18-3-1)44-37-39-45(40-38-44)46-19-12-21-48(41-46)67(58-31-14-27-54-51-24-5-9-34-61(51)69-64(54)58)57-30-8-4-23-50(57)47-20-13-22-49(42-47)68(59-32-15-28-55-52-25-6-10-35-62(52)70-65(55)59)60-33-16-29-56-53-26-7-11-36-63(53)71-66(56)60/h1-42H. The fourth-order valence-electron chi connectivity index (χ4n) is 10.6. The van der Waals surface area contributed by atoms with E-state index in [4.69, 9.17) is 8.83 Å². The fraction of sp³-hybridized carbons (Fsp3) is 0. The third-order valence-electron chi connectivity index (χ3n) is 13.9. The number of para-hydroxylation sites is 5. The zero-order valence-electron chi connectivity index (χ0n) is 38.4. The molecule has 0 radical (unpaired) electrons. The predicted octanol–water partition coefficient (Wildman–Crippen LogP) is 19.8. The molecule has 0 N–H and O–H groups in total. The first-order chi connectivity index (χ1) is 35.2. The Morgan fingerprint density at radius 3 is 1.39 bits per heavy atom. The fourth-order valence-corrected chi connectivity index (χ4v) is 11.8. The van der Waals surface area contributed by atoms with E-state index in [2.05, 4.69) is 252 Å². The Bertz CT molecular complexity index is 4200. The minimum absolute atomic E-state index is 0.830. The van der Waals surface area contributed by atoms with Crippen LogP contribution in [0.3, 0.4) is 0 Å². The Morgan fingerprint density at radius 2 is 0.718 bits per heavy atom. The van der Waals surface area contributed by atoms with Gasteiger partial charge in [0.1, 0.15) is 11.2 Å². The predicted molar refractivity (Wildman–Crippen MR) is 300 cm³/mol. The van der Waals surface area contributed by atoms with E-state index in [0.29, 0.717) is 0 Å². The molecule has 0 bridgehead atoms. The second-order valence-electron chi connectivity index (χ2n) is 18.0. The van der Waals surface area contributed by atoms with Crippen LogP contribution in [0, 0.1) is 0 Å². The third kappa shape index (κ3) is 6.89. The van der Waals surface area contributed by atoms with Crippen molar-refractivity contribution in [1.82, 2.24) is 0 Å². The van der Waals surface area contributed by atoms with Gasteiger partial charge in [0.2, 0.25) is 0 Å². The molecular formula is C66H42N2O2S.